The molecule has 0 amide bonds. The van der Waals surface area contributed by atoms with E-state index >= 15 is 0 Å². The van der Waals surface area contributed by atoms with Crippen LogP contribution in [0.3, 0.4) is 0 Å². The molecule has 0 radical (unpaired) electrons. The van der Waals surface area contributed by atoms with E-state index in [0.29, 0.717) is 21.7 Å². The molecule has 3 rings (SSSR count). The first-order valence-electron chi connectivity index (χ1n) is 19.0. The fourth-order valence-electron chi connectivity index (χ4n) is 5.82. The van der Waals surface area contributed by atoms with Crippen molar-refractivity contribution in [1.82, 2.24) is 0 Å². The molecule has 0 heterocycles. The summed E-state index contributed by atoms with van der Waals surface area (Å²) >= 11 is 0. The molecule has 0 N–H and O–H groups in total. The van der Waals surface area contributed by atoms with Crippen LogP contribution in [0.25, 0.3) is 0 Å². The summed E-state index contributed by atoms with van der Waals surface area (Å²) < 4.78 is 0. The summed E-state index contributed by atoms with van der Waals surface area (Å²) in [4.78, 5) is 0. The molecule has 0 spiro atoms. The van der Waals surface area contributed by atoms with E-state index in [4.69, 9.17) is 0 Å². The molecule has 49 heavy (non-hydrogen) atoms. The van der Waals surface area contributed by atoms with Crippen molar-refractivity contribution >= 4 is 0 Å². The summed E-state index contributed by atoms with van der Waals surface area (Å²) in [6, 6.07) is 27.4. The molecule has 0 saturated carbocycles. The lowest BCUT2D eigenvalue weighted by molar-refractivity contribution is 0.225. The van der Waals surface area contributed by atoms with Crippen molar-refractivity contribution in [3.05, 3.63) is 106 Å². The van der Waals surface area contributed by atoms with Gasteiger partial charge in [0.1, 0.15) is 0 Å². The predicted octanol–water partition coefficient (Wildman–Crippen LogP) is 15.0. The monoisotopic (exact) mass is 669 g/mol. The Morgan fingerprint density at radius 2 is 0.490 bits per heavy atom. The van der Waals surface area contributed by atoms with Gasteiger partial charge in [0.05, 0.1) is 0 Å². The summed E-state index contributed by atoms with van der Waals surface area (Å²) in [5.74, 6) is 0. The molecule has 3 aromatic rings. The van der Waals surface area contributed by atoms with E-state index in [-0.39, 0.29) is 16.2 Å². The average molecular weight is 669 g/mol. The third kappa shape index (κ3) is 18.5. The van der Waals surface area contributed by atoms with Crippen LogP contribution in [0, 0.1) is 27.1 Å². The first-order valence-corrected chi connectivity index (χ1v) is 19.0. The lowest BCUT2D eigenvalue weighted by Crippen LogP contribution is -2.33. The molecular formula is C49H80. The highest BCUT2D eigenvalue weighted by molar-refractivity contribution is 5.31. The van der Waals surface area contributed by atoms with Gasteiger partial charge >= 0.3 is 0 Å². The van der Waals surface area contributed by atoms with Gasteiger partial charge in [0.2, 0.25) is 0 Å². The molecule has 0 unspecified atom stereocenters. The molecule has 276 valence electrons. The van der Waals surface area contributed by atoms with Crippen LogP contribution in [0.2, 0.25) is 0 Å². The Labute approximate surface area is 307 Å². The minimum Gasteiger partial charge on any atom is -0.0599 e. The predicted molar refractivity (Wildman–Crippen MR) is 223 cm³/mol. The standard InChI is InChI=1S/C18H30.C16H26.C15H24/c1-16(2,3)13-14-9-11-15(12-10-14)18(7,8)17(4,5)6;1-15(2,3)11-13-7-9-14(10-8-13)12-16(4,5)6;1-14(2,3)11-12-7-9-13(10-8-12)15(4,5)6/h9-12H,13H2,1-8H3;7-10H,11-12H2,1-6H3;7-10H,11H2,1-6H3. The topological polar surface area (TPSA) is 0 Å². The zero-order valence-corrected chi connectivity index (χ0v) is 36.3. The van der Waals surface area contributed by atoms with Crippen molar-refractivity contribution in [3.63, 3.8) is 0 Å². The molecule has 0 heteroatoms. The molecule has 0 aromatic heterocycles. The van der Waals surface area contributed by atoms with Crippen LogP contribution in [0.1, 0.15) is 172 Å². The van der Waals surface area contributed by atoms with Crippen molar-refractivity contribution in [3.8, 4) is 0 Å². The quantitative estimate of drug-likeness (QED) is 0.254. The summed E-state index contributed by atoms with van der Waals surface area (Å²) in [7, 11) is 0. The zero-order chi connectivity index (χ0) is 38.3. The summed E-state index contributed by atoms with van der Waals surface area (Å²) in [6.45, 7) is 45.8. The van der Waals surface area contributed by atoms with E-state index in [9.17, 15) is 0 Å². The lowest BCUT2D eigenvalue weighted by Gasteiger charge is -2.39. The van der Waals surface area contributed by atoms with Crippen LogP contribution < -0.4 is 0 Å². The number of benzene rings is 3. The van der Waals surface area contributed by atoms with Gasteiger partial charge < -0.3 is 0 Å². The van der Waals surface area contributed by atoms with Gasteiger partial charge in [0.15, 0.2) is 0 Å². The first kappa shape index (κ1) is 44.7. The van der Waals surface area contributed by atoms with Crippen LogP contribution in [0.5, 0.6) is 0 Å². The minimum atomic E-state index is 0.202. The minimum absolute atomic E-state index is 0.202. The van der Waals surface area contributed by atoms with Gasteiger partial charge in [-0.15, -0.1) is 0 Å². The molecule has 0 fully saturated rings. The summed E-state index contributed by atoms with van der Waals surface area (Å²) in [6.07, 6.45) is 4.60. The molecule has 0 saturated heterocycles. The van der Waals surface area contributed by atoms with Crippen LogP contribution in [0.4, 0.5) is 0 Å². The van der Waals surface area contributed by atoms with E-state index in [1.165, 1.54) is 33.4 Å². The molecule has 0 aliphatic rings. The van der Waals surface area contributed by atoms with Gasteiger partial charge in [-0.25, -0.2) is 0 Å². The maximum atomic E-state index is 2.34. The van der Waals surface area contributed by atoms with E-state index in [2.05, 4.69) is 211 Å². The normalized spacial score (nSPS) is 13.2. The van der Waals surface area contributed by atoms with Crippen LogP contribution in [-0.2, 0) is 36.5 Å². The van der Waals surface area contributed by atoms with Gasteiger partial charge in [-0.3, -0.25) is 0 Å². The van der Waals surface area contributed by atoms with Gasteiger partial charge in [0.25, 0.3) is 0 Å². The van der Waals surface area contributed by atoms with Crippen molar-refractivity contribution < 1.29 is 0 Å². The second-order valence-electron chi connectivity index (χ2n) is 22.3. The second kappa shape index (κ2) is 16.8. The second-order valence-corrected chi connectivity index (χ2v) is 22.3. The first-order chi connectivity index (χ1) is 21.8. The molecule has 0 nitrogen and oxygen atoms in total. The fraction of sp³-hybridized carbons (Fsp3) is 0.633. The Morgan fingerprint density at radius 1 is 0.286 bits per heavy atom. The van der Waals surface area contributed by atoms with E-state index in [0.717, 1.165) is 25.7 Å². The Morgan fingerprint density at radius 3 is 0.673 bits per heavy atom. The van der Waals surface area contributed by atoms with E-state index < -0.39 is 0 Å². The largest absolute Gasteiger partial charge is 0.0599 e. The highest BCUT2D eigenvalue weighted by atomic mass is 14.4. The Balaban J connectivity index is 0.000000369. The lowest BCUT2D eigenvalue weighted by atomic mass is 9.65. The molecule has 0 aliphatic carbocycles. The van der Waals surface area contributed by atoms with Crippen molar-refractivity contribution in [1.29, 1.82) is 0 Å². The third-order valence-electron chi connectivity index (χ3n) is 9.33. The highest BCUT2D eigenvalue weighted by Gasteiger charge is 2.34. The fourth-order valence-corrected chi connectivity index (χ4v) is 5.82. The van der Waals surface area contributed by atoms with Crippen molar-refractivity contribution in [2.45, 2.75) is 175 Å². The number of rotatable bonds is 5. The maximum Gasteiger partial charge on any atom is -0.00551 e. The Kier molecular flexibility index (Phi) is 15.3. The number of hydrogen-bond acceptors (Lipinski definition) is 0. The summed E-state index contributed by atoms with van der Waals surface area (Å²) in [5.41, 5.74) is 10.9. The molecule has 3 aromatic carbocycles. The van der Waals surface area contributed by atoms with Crippen molar-refractivity contribution in [2.75, 3.05) is 0 Å². The van der Waals surface area contributed by atoms with Gasteiger partial charge in [0, 0.05) is 0 Å². The van der Waals surface area contributed by atoms with Gasteiger partial charge in [-0.2, -0.15) is 0 Å². The average Bonchev–Trinajstić information content (AvgIpc) is 2.87. The van der Waals surface area contributed by atoms with Gasteiger partial charge in [-0.1, -0.05) is 211 Å². The smallest absolute Gasteiger partial charge is 0.00551 e. The van der Waals surface area contributed by atoms with E-state index in [1.54, 1.807) is 0 Å². The highest BCUT2D eigenvalue weighted by Crippen LogP contribution is 2.41. The van der Waals surface area contributed by atoms with Crippen molar-refractivity contribution in [2.24, 2.45) is 27.1 Å². The van der Waals surface area contributed by atoms with Crippen LogP contribution >= 0.6 is 0 Å². The zero-order valence-electron chi connectivity index (χ0n) is 36.3. The van der Waals surface area contributed by atoms with Crippen LogP contribution in [0.15, 0.2) is 72.8 Å². The maximum absolute atomic E-state index is 2.34. The number of hydrogen-bond donors (Lipinski definition) is 0. The molecule has 0 aliphatic heterocycles. The summed E-state index contributed by atoms with van der Waals surface area (Å²) in [5, 5.41) is 0. The third-order valence-corrected chi connectivity index (χ3v) is 9.33. The molecule has 0 atom stereocenters. The van der Waals surface area contributed by atoms with Crippen LogP contribution in [-0.4, -0.2) is 0 Å². The van der Waals surface area contributed by atoms with Gasteiger partial charge in [-0.05, 0) is 97.0 Å². The molecular weight excluding hydrogens is 589 g/mol. The SMILES string of the molecule is CC(C)(C)Cc1ccc(C(C)(C)C(C)(C)C)cc1.CC(C)(C)Cc1ccc(C(C)(C)C)cc1.CC(C)(C)Cc1ccc(CC(C)(C)C)cc1. The van der Waals surface area contributed by atoms with E-state index in [1.807, 2.05) is 0 Å². The Hall–Kier alpha value is -2.34. The molecule has 0 bridgehead atoms. The Bertz CT molecular complexity index is 1320.